The van der Waals surface area contributed by atoms with Crippen LogP contribution in [-0.2, 0) is 16.1 Å². The number of nitrogens with zero attached hydrogens (tertiary/aromatic N) is 2. The number of ether oxygens (including phenoxy) is 1. The summed E-state index contributed by atoms with van der Waals surface area (Å²) in [6, 6.07) is 10.7. The molecule has 4 heteroatoms. The molecule has 2 aliphatic heterocycles. The number of esters is 1. The van der Waals surface area contributed by atoms with Crippen LogP contribution in [0.2, 0.25) is 0 Å². The lowest BCUT2D eigenvalue weighted by molar-refractivity contribution is -0.146. The van der Waals surface area contributed by atoms with Gasteiger partial charge in [0.1, 0.15) is 6.10 Å². The molecule has 2 aliphatic carbocycles. The normalized spacial score (nSPS) is 37.5. The molecule has 30 heavy (non-hydrogen) atoms. The van der Waals surface area contributed by atoms with Gasteiger partial charge in [0.2, 0.25) is 0 Å². The van der Waals surface area contributed by atoms with Gasteiger partial charge >= 0.3 is 5.97 Å². The third-order valence-electron chi connectivity index (χ3n) is 8.49. The first kappa shape index (κ1) is 20.3. The molecule has 4 nitrogen and oxygen atoms in total. The average Bonchev–Trinajstić information content (AvgIpc) is 3.02. The Hall–Kier alpha value is -1.65. The second kappa shape index (κ2) is 8.12. The van der Waals surface area contributed by atoms with Crippen molar-refractivity contribution in [3.05, 3.63) is 48.0 Å². The second-order valence-electron chi connectivity index (χ2n) is 10.5. The lowest BCUT2D eigenvalue weighted by atomic mass is 9.55. The SMILES string of the molecule is C=C1CCC[C@@]2(C)C[C@H]3OC(=O)[C@@H](CN4CCN(Cc5ccccc5)CC4)[C@@H]3C[C@H]12. The molecule has 5 atom stereocenters. The van der Waals surface area contributed by atoms with Crippen LogP contribution < -0.4 is 0 Å². The molecule has 162 valence electrons. The highest BCUT2D eigenvalue weighted by atomic mass is 16.6. The molecule has 4 fully saturated rings. The predicted molar refractivity (Wildman–Crippen MR) is 119 cm³/mol. The molecule has 1 aromatic carbocycles. The van der Waals surface area contributed by atoms with Crippen molar-refractivity contribution in [3.8, 4) is 0 Å². The van der Waals surface area contributed by atoms with Crippen molar-refractivity contribution in [2.45, 2.75) is 51.7 Å². The first-order valence-corrected chi connectivity index (χ1v) is 11.9. The van der Waals surface area contributed by atoms with E-state index in [2.05, 4.69) is 53.6 Å². The Morgan fingerprint density at radius 3 is 2.63 bits per heavy atom. The highest BCUT2D eigenvalue weighted by Crippen LogP contribution is 2.56. The second-order valence-corrected chi connectivity index (χ2v) is 10.5. The number of fused-ring (bicyclic) bond motifs is 2. The monoisotopic (exact) mass is 408 g/mol. The molecule has 0 N–H and O–H groups in total. The molecule has 0 unspecified atom stereocenters. The van der Waals surface area contributed by atoms with Crippen LogP contribution in [0.3, 0.4) is 0 Å². The highest BCUT2D eigenvalue weighted by molar-refractivity contribution is 5.75. The lowest BCUT2D eigenvalue weighted by Crippen LogP contribution is -2.49. The van der Waals surface area contributed by atoms with Gasteiger partial charge in [-0.15, -0.1) is 0 Å². The van der Waals surface area contributed by atoms with E-state index >= 15 is 0 Å². The molecule has 0 aromatic heterocycles. The first-order chi connectivity index (χ1) is 14.5. The van der Waals surface area contributed by atoms with E-state index in [9.17, 15) is 4.79 Å². The van der Waals surface area contributed by atoms with Crippen LogP contribution >= 0.6 is 0 Å². The summed E-state index contributed by atoms with van der Waals surface area (Å²) < 4.78 is 5.96. The molecule has 0 bridgehead atoms. The standard InChI is InChI=1S/C26H36N2O2/c1-19-7-6-10-26(2)16-24-21(15-23(19)26)22(25(29)30-24)18-28-13-11-27(12-14-28)17-20-8-4-3-5-9-20/h3-5,8-9,21-24H,1,6-7,10-18H2,2H3/t21-,22-,23+,24+,26-/m0/s1. The van der Waals surface area contributed by atoms with Gasteiger partial charge in [-0.25, -0.2) is 0 Å². The summed E-state index contributed by atoms with van der Waals surface area (Å²) in [6.07, 6.45) is 5.94. The van der Waals surface area contributed by atoms with Crippen molar-refractivity contribution >= 4 is 5.97 Å². The summed E-state index contributed by atoms with van der Waals surface area (Å²) in [5, 5.41) is 0. The summed E-state index contributed by atoms with van der Waals surface area (Å²) in [6.45, 7) is 12.9. The Balaban J connectivity index is 1.19. The number of carbonyl (C=O) groups excluding carboxylic acids is 1. The van der Waals surface area contributed by atoms with Gasteiger partial charge in [-0.1, -0.05) is 49.4 Å². The zero-order chi connectivity index (χ0) is 20.7. The minimum atomic E-state index is 0.0509. The summed E-state index contributed by atoms with van der Waals surface area (Å²) in [4.78, 5) is 17.9. The van der Waals surface area contributed by atoms with Gasteiger partial charge in [-0.3, -0.25) is 14.6 Å². The molecule has 5 rings (SSSR count). The van der Waals surface area contributed by atoms with Gasteiger partial charge in [0, 0.05) is 45.2 Å². The molecule has 0 radical (unpaired) electrons. The van der Waals surface area contributed by atoms with E-state index < -0.39 is 0 Å². The zero-order valence-electron chi connectivity index (χ0n) is 18.4. The Kier molecular flexibility index (Phi) is 5.49. The van der Waals surface area contributed by atoms with E-state index in [1.54, 1.807) is 0 Å². The third kappa shape index (κ3) is 3.85. The number of carbonyl (C=O) groups is 1. The van der Waals surface area contributed by atoms with Gasteiger partial charge in [0.05, 0.1) is 5.92 Å². The quantitative estimate of drug-likeness (QED) is 0.554. The van der Waals surface area contributed by atoms with Gasteiger partial charge < -0.3 is 4.74 Å². The first-order valence-electron chi connectivity index (χ1n) is 11.9. The molecular formula is C26H36N2O2. The van der Waals surface area contributed by atoms with Crippen LogP contribution in [0.5, 0.6) is 0 Å². The highest BCUT2D eigenvalue weighted by Gasteiger charge is 2.55. The Labute approximate surface area is 181 Å². The molecular weight excluding hydrogens is 372 g/mol. The van der Waals surface area contributed by atoms with Crippen molar-refractivity contribution in [1.29, 1.82) is 0 Å². The molecule has 2 saturated carbocycles. The Morgan fingerprint density at radius 1 is 1.13 bits per heavy atom. The topological polar surface area (TPSA) is 32.8 Å². The van der Waals surface area contributed by atoms with Crippen molar-refractivity contribution in [1.82, 2.24) is 9.80 Å². The van der Waals surface area contributed by atoms with Crippen molar-refractivity contribution < 1.29 is 9.53 Å². The zero-order valence-corrected chi connectivity index (χ0v) is 18.4. The fourth-order valence-corrected chi connectivity index (χ4v) is 6.71. The molecule has 0 spiro atoms. The van der Waals surface area contributed by atoms with Crippen LogP contribution in [0.4, 0.5) is 0 Å². The van der Waals surface area contributed by atoms with Crippen molar-refractivity contribution in [2.24, 2.45) is 23.2 Å². The van der Waals surface area contributed by atoms with Crippen LogP contribution in [0, 0.1) is 23.2 Å². The fourth-order valence-electron chi connectivity index (χ4n) is 6.71. The maximum atomic E-state index is 12.8. The number of rotatable bonds is 4. The molecule has 2 saturated heterocycles. The fraction of sp³-hybridized carbons (Fsp3) is 0.654. The van der Waals surface area contributed by atoms with E-state index in [0.717, 1.165) is 52.1 Å². The molecule has 4 aliphatic rings. The van der Waals surface area contributed by atoms with Crippen LogP contribution in [0.1, 0.15) is 44.6 Å². The Bertz CT molecular complexity index is 785. The van der Waals surface area contributed by atoms with Gasteiger partial charge in [0.25, 0.3) is 0 Å². The molecule has 1 aromatic rings. The molecule has 2 heterocycles. The smallest absolute Gasteiger partial charge is 0.310 e. The number of hydrogen-bond donors (Lipinski definition) is 0. The number of piperazine rings is 1. The summed E-state index contributed by atoms with van der Waals surface area (Å²) >= 11 is 0. The van der Waals surface area contributed by atoms with E-state index in [-0.39, 0.29) is 23.4 Å². The number of allylic oxidation sites excluding steroid dienone is 1. The van der Waals surface area contributed by atoms with E-state index in [0.29, 0.717) is 11.8 Å². The summed E-state index contributed by atoms with van der Waals surface area (Å²) in [7, 11) is 0. The average molecular weight is 409 g/mol. The van der Waals surface area contributed by atoms with E-state index in [1.807, 2.05) is 0 Å². The minimum Gasteiger partial charge on any atom is -0.462 e. The largest absolute Gasteiger partial charge is 0.462 e. The van der Waals surface area contributed by atoms with Crippen LogP contribution in [0.25, 0.3) is 0 Å². The van der Waals surface area contributed by atoms with Crippen molar-refractivity contribution in [2.75, 3.05) is 32.7 Å². The third-order valence-corrected chi connectivity index (χ3v) is 8.49. The lowest BCUT2D eigenvalue weighted by Gasteiger charge is -2.50. The van der Waals surface area contributed by atoms with Gasteiger partial charge in [-0.2, -0.15) is 0 Å². The van der Waals surface area contributed by atoms with Crippen molar-refractivity contribution in [3.63, 3.8) is 0 Å². The number of hydrogen-bond acceptors (Lipinski definition) is 4. The summed E-state index contributed by atoms with van der Waals surface area (Å²) in [5.74, 6) is 1.07. The summed E-state index contributed by atoms with van der Waals surface area (Å²) in [5.41, 5.74) is 3.09. The number of benzene rings is 1. The van der Waals surface area contributed by atoms with E-state index in [1.165, 1.54) is 30.4 Å². The maximum absolute atomic E-state index is 12.8. The van der Waals surface area contributed by atoms with Gasteiger partial charge in [-0.05, 0) is 49.0 Å². The minimum absolute atomic E-state index is 0.0509. The Morgan fingerprint density at radius 2 is 1.87 bits per heavy atom. The molecule has 0 amide bonds. The van der Waals surface area contributed by atoms with E-state index in [4.69, 9.17) is 4.74 Å². The maximum Gasteiger partial charge on any atom is 0.310 e. The van der Waals surface area contributed by atoms with Crippen LogP contribution in [-0.4, -0.2) is 54.6 Å². The predicted octanol–water partition coefficient (Wildman–Crippen LogP) is 4.12. The van der Waals surface area contributed by atoms with Crippen LogP contribution in [0.15, 0.2) is 42.5 Å². The van der Waals surface area contributed by atoms with Gasteiger partial charge in [0.15, 0.2) is 0 Å².